The van der Waals surface area contributed by atoms with Crippen LogP contribution in [0.3, 0.4) is 0 Å². The largest absolute Gasteiger partial charge is 0.479 e. The van der Waals surface area contributed by atoms with Crippen molar-refractivity contribution >= 4 is 27.6 Å². The first kappa shape index (κ1) is 22.1. The summed E-state index contributed by atoms with van der Waals surface area (Å²) in [5.74, 6) is -1.04. The summed E-state index contributed by atoms with van der Waals surface area (Å²) in [7, 11) is 0. The number of carboxylic acid groups (broad SMARTS) is 1. The van der Waals surface area contributed by atoms with Crippen LogP contribution >= 0.6 is 15.9 Å². The standard InChI is InChI=1S/C20H31BrN2O4/c1-12-14(17(18(25)26)27-19(2,3)4)16(15(21)13(11-24)22-12)23-9-7-20(5,6)8-10-23/h17,24H,7-11H2,1-6H3,(H,25,26). The zero-order chi connectivity index (χ0) is 20.6. The number of aryl methyl sites for hydroxylation is 1. The summed E-state index contributed by atoms with van der Waals surface area (Å²) in [4.78, 5) is 18.7. The fourth-order valence-electron chi connectivity index (χ4n) is 3.39. The maximum atomic E-state index is 12.1. The maximum Gasteiger partial charge on any atom is 0.337 e. The van der Waals surface area contributed by atoms with Gasteiger partial charge in [0.2, 0.25) is 0 Å². The Balaban J connectivity index is 2.62. The number of aliphatic hydroxyl groups is 1. The second kappa shape index (κ2) is 8.05. The lowest BCUT2D eigenvalue weighted by Gasteiger charge is -2.40. The van der Waals surface area contributed by atoms with Gasteiger partial charge in [-0.1, -0.05) is 13.8 Å². The van der Waals surface area contributed by atoms with Crippen molar-refractivity contribution < 1.29 is 19.7 Å². The van der Waals surface area contributed by atoms with Crippen molar-refractivity contribution in [1.82, 2.24) is 4.98 Å². The normalized spacial score (nSPS) is 18.4. The van der Waals surface area contributed by atoms with Gasteiger partial charge in [0.15, 0.2) is 6.10 Å². The van der Waals surface area contributed by atoms with E-state index in [1.807, 2.05) is 20.8 Å². The number of hydrogen-bond donors (Lipinski definition) is 2. The highest BCUT2D eigenvalue weighted by Crippen LogP contribution is 2.43. The molecule has 1 unspecified atom stereocenters. The monoisotopic (exact) mass is 442 g/mol. The van der Waals surface area contributed by atoms with Crippen LogP contribution in [0.2, 0.25) is 0 Å². The van der Waals surface area contributed by atoms with Crippen LogP contribution in [-0.2, 0) is 16.1 Å². The number of carboxylic acids is 1. The van der Waals surface area contributed by atoms with Crippen molar-refractivity contribution in [2.75, 3.05) is 18.0 Å². The Kier molecular flexibility index (Phi) is 6.59. The summed E-state index contributed by atoms with van der Waals surface area (Å²) in [6.07, 6.45) is 0.880. The SMILES string of the molecule is Cc1nc(CO)c(Br)c(N2CCC(C)(C)CC2)c1C(OC(C)(C)C)C(=O)O. The zero-order valence-corrected chi connectivity index (χ0v) is 18.7. The molecule has 2 rings (SSSR count). The molecule has 1 fully saturated rings. The van der Waals surface area contributed by atoms with Crippen LogP contribution in [0.15, 0.2) is 4.47 Å². The Morgan fingerprint density at radius 3 is 2.33 bits per heavy atom. The molecule has 0 amide bonds. The van der Waals surface area contributed by atoms with Gasteiger partial charge in [-0.15, -0.1) is 0 Å². The summed E-state index contributed by atoms with van der Waals surface area (Å²) in [5.41, 5.74) is 2.05. The van der Waals surface area contributed by atoms with Gasteiger partial charge in [0.05, 0.1) is 28.1 Å². The number of anilines is 1. The highest BCUT2D eigenvalue weighted by Gasteiger charge is 2.36. The third-order valence-electron chi connectivity index (χ3n) is 4.95. The molecule has 1 aliphatic heterocycles. The molecule has 0 saturated carbocycles. The smallest absolute Gasteiger partial charge is 0.337 e. The van der Waals surface area contributed by atoms with Crippen LogP contribution in [-0.4, -0.2) is 39.9 Å². The van der Waals surface area contributed by atoms with E-state index in [9.17, 15) is 15.0 Å². The van der Waals surface area contributed by atoms with Gasteiger partial charge in [0.1, 0.15) is 0 Å². The van der Waals surface area contributed by atoms with Crippen molar-refractivity contribution in [2.45, 2.75) is 72.7 Å². The molecule has 152 valence electrons. The summed E-state index contributed by atoms with van der Waals surface area (Å²) < 4.78 is 6.56. The van der Waals surface area contributed by atoms with E-state index in [1.165, 1.54) is 0 Å². The molecular formula is C20H31BrN2O4. The molecule has 2 N–H and O–H groups in total. The second-order valence-electron chi connectivity index (χ2n) is 8.98. The topological polar surface area (TPSA) is 82.9 Å². The van der Waals surface area contributed by atoms with Crippen LogP contribution in [0.4, 0.5) is 5.69 Å². The van der Waals surface area contributed by atoms with E-state index in [0.29, 0.717) is 21.4 Å². The molecule has 6 nitrogen and oxygen atoms in total. The number of aliphatic carboxylic acids is 1. The lowest BCUT2D eigenvalue weighted by Crippen LogP contribution is -2.39. The molecule has 0 radical (unpaired) electrons. The van der Waals surface area contributed by atoms with E-state index in [1.54, 1.807) is 6.92 Å². The molecule has 1 saturated heterocycles. The predicted octanol–water partition coefficient (Wildman–Crippen LogP) is 4.21. The molecule has 1 aliphatic rings. The number of ether oxygens (including phenoxy) is 1. The highest BCUT2D eigenvalue weighted by molar-refractivity contribution is 9.10. The Morgan fingerprint density at radius 1 is 1.33 bits per heavy atom. The summed E-state index contributed by atoms with van der Waals surface area (Å²) >= 11 is 3.57. The fraction of sp³-hybridized carbons (Fsp3) is 0.700. The minimum Gasteiger partial charge on any atom is -0.479 e. The first-order valence-corrected chi connectivity index (χ1v) is 10.1. The van der Waals surface area contributed by atoms with Gasteiger partial charge in [-0.25, -0.2) is 4.79 Å². The van der Waals surface area contributed by atoms with Crippen molar-refractivity contribution in [1.29, 1.82) is 0 Å². The Labute approximate surface area is 170 Å². The lowest BCUT2D eigenvalue weighted by atomic mass is 9.82. The van der Waals surface area contributed by atoms with Gasteiger partial charge in [-0.05, 0) is 61.9 Å². The molecule has 1 atom stereocenters. The average molecular weight is 443 g/mol. The summed E-state index contributed by atoms with van der Waals surface area (Å²) in [6.45, 7) is 13.2. The predicted molar refractivity (Wildman–Crippen MR) is 109 cm³/mol. The molecule has 0 aromatic carbocycles. The van der Waals surface area contributed by atoms with Crippen LogP contribution in [0.25, 0.3) is 0 Å². The minimum absolute atomic E-state index is 0.216. The molecule has 1 aromatic heterocycles. The summed E-state index contributed by atoms with van der Waals surface area (Å²) in [5, 5.41) is 19.6. The molecule has 0 bridgehead atoms. The number of nitrogens with zero attached hydrogens (tertiary/aromatic N) is 2. The maximum absolute atomic E-state index is 12.1. The third-order valence-corrected chi connectivity index (χ3v) is 5.78. The van der Waals surface area contributed by atoms with Crippen LogP contribution in [0.1, 0.15) is 70.5 Å². The van der Waals surface area contributed by atoms with Crippen molar-refractivity contribution in [3.63, 3.8) is 0 Å². The van der Waals surface area contributed by atoms with E-state index in [4.69, 9.17) is 4.74 Å². The van der Waals surface area contributed by atoms with Crippen molar-refractivity contribution in [3.8, 4) is 0 Å². The van der Waals surface area contributed by atoms with Gasteiger partial charge in [0, 0.05) is 24.3 Å². The first-order chi connectivity index (χ1) is 12.4. The number of piperidine rings is 1. The van der Waals surface area contributed by atoms with E-state index in [-0.39, 0.29) is 12.0 Å². The number of pyridine rings is 1. The van der Waals surface area contributed by atoms with E-state index in [0.717, 1.165) is 31.6 Å². The molecule has 0 spiro atoms. The van der Waals surface area contributed by atoms with Crippen LogP contribution < -0.4 is 4.90 Å². The molecule has 1 aromatic rings. The van der Waals surface area contributed by atoms with Crippen molar-refractivity contribution in [3.05, 3.63) is 21.4 Å². The minimum atomic E-state index is -1.13. The highest BCUT2D eigenvalue weighted by atomic mass is 79.9. The molecule has 7 heteroatoms. The number of rotatable bonds is 5. The fourth-order valence-corrected chi connectivity index (χ4v) is 4.07. The van der Waals surface area contributed by atoms with Gasteiger partial charge >= 0.3 is 5.97 Å². The number of halogens is 1. The Hall–Kier alpha value is -1.18. The first-order valence-electron chi connectivity index (χ1n) is 9.31. The second-order valence-corrected chi connectivity index (χ2v) is 9.77. The number of carbonyl (C=O) groups is 1. The Bertz CT molecular complexity index is 703. The number of hydrogen-bond acceptors (Lipinski definition) is 5. The lowest BCUT2D eigenvalue weighted by molar-refractivity contribution is -0.160. The molecule has 2 heterocycles. The van der Waals surface area contributed by atoms with Crippen LogP contribution in [0.5, 0.6) is 0 Å². The van der Waals surface area contributed by atoms with E-state index in [2.05, 4.69) is 39.7 Å². The van der Waals surface area contributed by atoms with E-state index < -0.39 is 17.7 Å². The molecule has 27 heavy (non-hydrogen) atoms. The van der Waals surface area contributed by atoms with Gasteiger partial charge in [-0.3, -0.25) is 4.98 Å². The average Bonchev–Trinajstić information content (AvgIpc) is 2.54. The molecule has 0 aliphatic carbocycles. The van der Waals surface area contributed by atoms with Gasteiger partial charge in [0.25, 0.3) is 0 Å². The van der Waals surface area contributed by atoms with E-state index >= 15 is 0 Å². The quantitative estimate of drug-likeness (QED) is 0.710. The Morgan fingerprint density at radius 2 is 1.89 bits per heavy atom. The van der Waals surface area contributed by atoms with Gasteiger partial charge in [-0.2, -0.15) is 0 Å². The summed E-state index contributed by atoms with van der Waals surface area (Å²) in [6, 6.07) is 0. The zero-order valence-electron chi connectivity index (χ0n) is 17.1. The third kappa shape index (κ3) is 5.21. The number of aliphatic hydroxyl groups excluding tert-OH is 1. The van der Waals surface area contributed by atoms with Gasteiger partial charge < -0.3 is 19.8 Å². The van der Waals surface area contributed by atoms with Crippen molar-refractivity contribution in [2.24, 2.45) is 5.41 Å². The van der Waals surface area contributed by atoms with Crippen LogP contribution in [0, 0.1) is 12.3 Å². The number of aromatic nitrogens is 1. The molecular weight excluding hydrogens is 412 g/mol.